The fourth-order valence-electron chi connectivity index (χ4n) is 3.48. The molecule has 2 heterocycles. The van der Waals surface area contributed by atoms with Crippen LogP contribution < -0.4 is 10.6 Å². The lowest BCUT2D eigenvalue weighted by atomic mass is 10.1. The van der Waals surface area contributed by atoms with Crippen LogP contribution in [-0.2, 0) is 6.54 Å². The summed E-state index contributed by atoms with van der Waals surface area (Å²) in [6.45, 7) is 9.49. The number of piperidine rings is 1. The predicted molar refractivity (Wildman–Crippen MR) is 111 cm³/mol. The van der Waals surface area contributed by atoms with E-state index in [2.05, 4.69) is 58.7 Å². The molecule has 1 aromatic carbocycles. The predicted octanol–water partition coefficient (Wildman–Crippen LogP) is 2.80. The highest BCUT2D eigenvalue weighted by Crippen LogP contribution is 2.11. The van der Waals surface area contributed by atoms with E-state index >= 15 is 0 Å². The van der Waals surface area contributed by atoms with Crippen molar-refractivity contribution in [2.45, 2.75) is 45.7 Å². The van der Waals surface area contributed by atoms with Gasteiger partial charge >= 0.3 is 0 Å². The van der Waals surface area contributed by atoms with E-state index in [1.807, 2.05) is 16.9 Å². The van der Waals surface area contributed by atoms with Crippen LogP contribution in [0.3, 0.4) is 0 Å². The third kappa shape index (κ3) is 5.82. The average molecular weight is 369 g/mol. The van der Waals surface area contributed by atoms with Crippen LogP contribution in [0.1, 0.15) is 38.7 Å². The van der Waals surface area contributed by atoms with Gasteiger partial charge in [0.25, 0.3) is 0 Å². The molecule has 0 unspecified atom stereocenters. The van der Waals surface area contributed by atoms with Crippen molar-refractivity contribution in [2.75, 3.05) is 26.2 Å². The van der Waals surface area contributed by atoms with Crippen molar-refractivity contribution in [3.05, 3.63) is 48.3 Å². The summed E-state index contributed by atoms with van der Waals surface area (Å²) in [7, 11) is 0. The van der Waals surface area contributed by atoms with Crippen LogP contribution in [0.5, 0.6) is 0 Å². The van der Waals surface area contributed by atoms with E-state index in [-0.39, 0.29) is 0 Å². The van der Waals surface area contributed by atoms with E-state index < -0.39 is 0 Å². The summed E-state index contributed by atoms with van der Waals surface area (Å²) < 4.78 is 1.86. The van der Waals surface area contributed by atoms with Crippen LogP contribution in [0, 0.1) is 0 Å². The van der Waals surface area contributed by atoms with Crippen molar-refractivity contribution >= 4 is 5.96 Å². The minimum absolute atomic E-state index is 0.512. The molecule has 1 aliphatic heterocycles. The first-order valence-corrected chi connectivity index (χ1v) is 10.1. The molecule has 1 aromatic heterocycles. The topological polar surface area (TPSA) is 57.5 Å². The number of benzene rings is 1. The summed E-state index contributed by atoms with van der Waals surface area (Å²) in [5.74, 6) is 0.919. The van der Waals surface area contributed by atoms with Gasteiger partial charge in [0.05, 0.1) is 12.2 Å². The molecule has 0 radical (unpaired) electrons. The maximum atomic E-state index is 4.78. The van der Waals surface area contributed by atoms with Gasteiger partial charge in [0.15, 0.2) is 5.96 Å². The van der Waals surface area contributed by atoms with Crippen LogP contribution in [-0.4, -0.2) is 52.9 Å². The van der Waals surface area contributed by atoms with Crippen LogP contribution in [0.25, 0.3) is 5.69 Å². The molecule has 0 atom stereocenters. The third-order valence-electron chi connectivity index (χ3n) is 4.94. The molecule has 2 N–H and O–H groups in total. The van der Waals surface area contributed by atoms with Gasteiger partial charge in [-0.3, -0.25) is 0 Å². The molecule has 0 saturated carbocycles. The lowest BCUT2D eigenvalue weighted by Gasteiger charge is -2.32. The number of aromatic nitrogens is 2. The second kappa shape index (κ2) is 10.1. The molecule has 0 amide bonds. The maximum absolute atomic E-state index is 4.78. The van der Waals surface area contributed by atoms with Gasteiger partial charge in [-0.15, -0.1) is 0 Å². The molecule has 1 saturated heterocycles. The normalized spacial score (nSPS) is 16.4. The lowest BCUT2D eigenvalue weighted by Crippen LogP contribution is -2.48. The van der Waals surface area contributed by atoms with Crippen LogP contribution in [0.4, 0.5) is 0 Å². The third-order valence-corrected chi connectivity index (χ3v) is 4.94. The van der Waals surface area contributed by atoms with Gasteiger partial charge in [-0.25, -0.2) is 9.67 Å². The highest BCUT2D eigenvalue weighted by Gasteiger charge is 2.19. The van der Waals surface area contributed by atoms with Crippen molar-refractivity contribution in [2.24, 2.45) is 4.99 Å². The molecule has 6 heteroatoms. The van der Waals surface area contributed by atoms with E-state index in [4.69, 9.17) is 4.99 Å². The lowest BCUT2D eigenvalue weighted by molar-refractivity contribution is 0.206. The molecule has 1 fully saturated rings. The SMILES string of the molecule is CCCN1CCC(NC(=NCc2ccc(-n3cccn3)cc2)NCC)CC1. The number of aliphatic imine (C=N–C) groups is 1. The number of nitrogens with one attached hydrogen (secondary N) is 2. The van der Waals surface area contributed by atoms with E-state index in [1.54, 1.807) is 6.20 Å². The summed E-state index contributed by atoms with van der Waals surface area (Å²) in [5, 5.41) is 11.3. The van der Waals surface area contributed by atoms with Crippen molar-refractivity contribution in [1.29, 1.82) is 0 Å². The van der Waals surface area contributed by atoms with Crippen molar-refractivity contribution in [3.63, 3.8) is 0 Å². The van der Waals surface area contributed by atoms with Crippen LogP contribution >= 0.6 is 0 Å². The number of hydrogen-bond donors (Lipinski definition) is 2. The first-order valence-electron chi connectivity index (χ1n) is 10.1. The molecular formula is C21H32N6. The van der Waals surface area contributed by atoms with Gasteiger partial charge in [0.1, 0.15) is 0 Å². The minimum Gasteiger partial charge on any atom is -0.357 e. The van der Waals surface area contributed by atoms with E-state index in [1.165, 1.54) is 44.5 Å². The Bertz CT molecular complexity index is 684. The summed E-state index contributed by atoms with van der Waals surface area (Å²) in [6, 6.07) is 10.8. The molecule has 27 heavy (non-hydrogen) atoms. The Balaban J connectivity index is 1.54. The number of guanidine groups is 1. The quantitative estimate of drug-likeness (QED) is 0.583. The highest BCUT2D eigenvalue weighted by molar-refractivity contribution is 5.80. The van der Waals surface area contributed by atoms with Crippen molar-refractivity contribution in [1.82, 2.24) is 25.3 Å². The number of rotatable bonds is 7. The van der Waals surface area contributed by atoms with E-state index in [0.29, 0.717) is 12.6 Å². The zero-order chi connectivity index (χ0) is 18.9. The first-order chi connectivity index (χ1) is 13.3. The molecular weight excluding hydrogens is 336 g/mol. The van der Waals surface area contributed by atoms with Crippen molar-refractivity contribution < 1.29 is 0 Å². The van der Waals surface area contributed by atoms with Gasteiger partial charge in [-0.2, -0.15) is 5.10 Å². The van der Waals surface area contributed by atoms with Crippen molar-refractivity contribution in [3.8, 4) is 5.69 Å². The Morgan fingerprint density at radius 3 is 2.59 bits per heavy atom. The van der Waals surface area contributed by atoms with E-state index in [9.17, 15) is 0 Å². The Kier molecular flexibility index (Phi) is 7.27. The first kappa shape index (κ1) is 19.4. The van der Waals surface area contributed by atoms with E-state index in [0.717, 1.165) is 18.2 Å². The summed E-state index contributed by atoms with van der Waals surface area (Å²) in [4.78, 5) is 7.34. The van der Waals surface area contributed by atoms with Crippen LogP contribution in [0.2, 0.25) is 0 Å². The molecule has 3 rings (SSSR count). The fraction of sp³-hybridized carbons (Fsp3) is 0.524. The van der Waals surface area contributed by atoms with Gasteiger partial charge < -0.3 is 15.5 Å². The average Bonchev–Trinajstić information content (AvgIpc) is 3.23. The second-order valence-electron chi connectivity index (χ2n) is 7.07. The Morgan fingerprint density at radius 1 is 1.19 bits per heavy atom. The van der Waals surface area contributed by atoms with Gasteiger partial charge in [0.2, 0.25) is 0 Å². The molecule has 6 nitrogen and oxygen atoms in total. The summed E-state index contributed by atoms with van der Waals surface area (Å²) >= 11 is 0. The monoisotopic (exact) mass is 368 g/mol. The van der Waals surface area contributed by atoms with Gasteiger partial charge in [0, 0.05) is 38.1 Å². The minimum atomic E-state index is 0.512. The number of likely N-dealkylation sites (tertiary alicyclic amines) is 1. The molecule has 146 valence electrons. The number of nitrogens with zero attached hydrogens (tertiary/aromatic N) is 4. The molecule has 0 bridgehead atoms. The molecule has 2 aromatic rings. The molecule has 1 aliphatic rings. The molecule has 0 aliphatic carbocycles. The zero-order valence-electron chi connectivity index (χ0n) is 16.6. The Morgan fingerprint density at radius 2 is 1.96 bits per heavy atom. The smallest absolute Gasteiger partial charge is 0.191 e. The second-order valence-corrected chi connectivity index (χ2v) is 7.07. The number of hydrogen-bond acceptors (Lipinski definition) is 3. The fourth-order valence-corrected chi connectivity index (χ4v) is 3.48. The Hall–Kier alpha value is -2.34. The van der Waals surface area contributed by atoms with Crippen LogP contribution in [0.15, 0.2) is 47.7 Å². The maximum Gasteiger partial charge on any atom is 0.191 e. The Labute approximate surface area is 162 Å². The largest absolute Gasteiger partial charge is 0.357 e. The summed E-state index contributed by atoms with van der Waals surface area (Å²) in [5.41, 5.74) is 2.26. The standard InChI is InChI=1S/C21H32N6/c1-3-13-26-15-10-19(11-16-26)25-21(22-4-2)23-17-18-6-8-20(9-7-18)27-14-5-12-24-27/h5-9,12,14,19H,3-4,10-11,13,15-17H2,1-2H3,(H2,22,23,25). The zero-order valence-corrected chi connectivity index (χ0v) is 16.6. The van der Waals surface area contributed by atoms with Gasteiger partial charge in [-0.1, -0.05) is 19.1 Å². The molecule has 0 spiro atoms. The highest BCUT2D eigenvalue weighted by atomic mass is 15.3. The summed E-state index contributed by atoms with van der Waals surface area (Å²) in [6.07, 6.45) is 7.35. The van der Waals surface area contributed by atoms with Gasteiger partial charge in [-0.05, 0) is 56.5 Å².